The quantitative estimate of drug-likeness (QED) is 0.894. The van der Waals surface area contributed by atoms with Gasteiger partial charge < -0.3 is 9.88 Å². The molecule has 0 aliphatic heterocycles. The summed E-state index contributed by atoms with van der Waals surface area (Å²) in [4.78, 5) is 0. The van der Waals surface area contributed by atoms with Gasteiger partial charge in [0, 0.05) is 31.0 Å². The van der Waals surface area contributed by atoms with E-state index in [-0.39, 0.29) is 5.82 Å². The monoisotopic (exact) mass is 243 g/mol. The first kappa shape index (κ1) is 12.3. The molecule has 2 aromatic rings. The van der Waals surface area contributed by atoms with Crippen molar-refractivity contribution in [1.29, 1.82) is 5.26 Å². The van der Waals surface area contributed by atoms with Gasteiger partial charge in [-0.15, -0.1) is 0 Å². The van der Waals surface area contributed by atoms with Gasteiger partial charge in [0.25, 0.3) is 0 Å². The first-order chi connectivity index (χ1) is 8.72. The Labute approximate surface area is 105 Å². The predicted molar refractivity (Wildman–Crippen MR) is 67.4 cm³/mol. The van der Waals surface area contributed by atoms with Crippen LogP contribution in [0.4, 0.5) is 4.39 Å². The third-order valence-corrected chi connectivity index (χ3v) is 2.73. The number of rotatable bonds is 4. The molecule has 0 atom stereocenters. The van der Waals surface area contributed by atoms with Crippen molar-refractivity contribution in [3.8, 4) is 6.07 Å². The molecule has 0 spiro atoms. The van der Waals surface area contributed by atoms with Gasteiger partial charge in [-0.2, -0.15) is 5.26 Å². The number of benzene rings is 1. The lowest BCUT2D eigenvalue weighted by Gasteiger charge is -2.05. The third kappa shape index (κ3) is 2.76. The topological polar surface area (TPSA) is 40.8 Å². The van der Waals surface area contributed by atoms with E-state index < -0.39 is 0 Å². The Morgan fingerprint density at radius 2 is 2.22 bits per heavy atom. The van der Waals surface area contributed by atoms with Crippen LogP contribution in [0.25, 0.3) is 0 Å². The maximum Gasteiger partial charge on any atom is 0.129 e. The molecule has 0 fully saturated rings. The molecule has 0 amide bonds. The first-order valence-corrected chi connectivity index (χ1v) is 5.70. The Morgan fingerprint density at radius 1 is 1.39 bits per heavy atom. The number of nitrogens with zero attached hydrogens (tertiary/aromatic N) is 2. The summed E-state index contributed by atoms with van der Waals surface area (Å²) >= 11 is 0. The summed E-state index contributed by atoms with van der Waals surface area (Å²) in [5, 5.41) is 11.7. The lowest BCUT2D eigenvalue weighted by atomic mass is 10.1. The van der Waals surface area contributed by atoms with E-state index in [1.165, 1.54) is 6.07 Å². The van der Waals surface area contributed by atoms with Crippen molar-refractivity contribution < 1.29 is 4.39 Å². The number of hydrogen-bond acceptors (Lipinski definition) is 2. The van der Waals surface area contributed by atoms with Crippen LogP contribution >= 0.6 is 0 Å². The second-order valence-electron chi connectivity index (χ2n) is 4.14. The van der Waals surface area contributed by atoms with Crippen LogP contribution in [0.15, 0.2) is 36.7 Å². The van der Waals surface area contributed by atoms with Gasteiger partial charge in [0.1, 0.15) is 5.82 Å². The molecular formula is C14H14FN3. The van der Waals surface area contributed by atoms with Crippen LogP contribution in [0.1, 0.15) is 16.7 Å². The van der Waals surface area contributed by atoms with Gasteiger partial charge in [-0.25, -0.2) is 4.39 Å². The standard InChI is InChI=1S/C14H14FN3/c1-17-8-12-4-5-18(9-12)10-13-3-2-11(7-16)6-14(13)15/h2-6,9,17H,8,10H2,1H3. The molecule has 1 N–H and O–H groups in total. The highest BCUT2D eigenvalue weighted by Gasteiger charge is 2.04. The fourth-order valence-electron chi connectivity index (χ4n) is 1.84. The molecule has 0 saturated heterocycles. The minimum absolute atomic E-state index is 0.335. The number of hydrogen-bond donors (Lipinski definition) is 1. The van der Waals surface area contributed by atoms with Crippen molar-refractivity contribution in [2.75, 3.05) is 7.05 Å². The largest absolute Gasteiger partial charge is 0.349 e. The van der Waals surface area contributed by atoms with E-state index in [0.29, 0.717) is 17.7 Å². The summed E-state index contributed by atoms with van der Waals surface area (Å²) in [6, 6.07) is 8.49. The fraction of sp³-hybridized carbons (Fsp3) is 0.214. The number of nitrogens with one attached hydrogen (secondary N) is 1. The predicted octanol–water partition coefficient (Wildman–Crippen LogP) is 2.27. The smallest absolute Gasteiger partial charge is 0.129 e. The zero-order valence-corrected chi connectivity index (χ0v) is 10.2. The van der Waals surface area contributed by atoms with Crippen molar-refractivity contribution in [3.63, 3.8) is 0 Å². The Morgan fingerprint density at radius 3 is 2.89 bits per heavy atom. The van der Waals surface area contributed by atoms with Crippen LogP contribution < -0.4 is 5.32 Å². The van der Waals surface area contributed by atoms with Crippen LogP contribution in [-0.4, -0.2) is 11.6 Å². The SMILES string of the molecule is CNCc1ccn(Cc2ccc(C#N)cc2F)c1. The van der Waals surface area contributed by atoms with Gasteiger partial charge in [-0.05, 0) is 30.8 Å². The highest BCUT2D eigenvalue weighted by Crippen LogP contribution is 2.12. The normalized spacial score (nSPS) is 10.3. The van der Waals surface area contributed by atoms with Crippen molar-refractivity contribution >= 4 is 0 Å². The highest BCUT2D eigenvalue weighted by molar-refractivity contribution is 5.33. The Kier molecular flexibility index (Phi) is 3.75. The third-order valence-electron chi connectivity index (χ3n) is 2.73. The summed E-state index contributed by atoms with van der Waals surface area (Å²) in [6.07, 6.45) is 3.90. The van der Waals surface area contributed by atoms with E-state index >= 15 is 0 Å². The Balaban J connectivity index is 2.15. The van der Waals surface area contributed by atoms with Gasteiger partial charge in [0.05, 0.1) is 11.6 Å². The lowest BCUT2D eigenvalue weighted by Crippen LogP contribution is -2.04. The average Bonchev–Trinajstić information content (AvgIpc) is 2.80. The summed E-state index contributed by atoms with van der Waals surface area (Å²) in [5.74, 6) is -0.335. The minimum atomic E-state index is -0.335. The average molecular weight is 243 g/mol. The molecule has 0 bridgehead atoms. The molecule has 1 aromatic carbocycles. The molecule has 1 aromatic heterocycles. The fourth-order valence-corrected chi connectivity index (χ4v) is 1.84. The summed E-state index contributed by atoms with van der Waals surface area (Å²) in [7, 11) is 1.89. The zero-order chi connectivity index (χ0) is 13.0. The molecule has 0 unspecified atom stereocenters. The van der Waals surface area contributed by atoms with E-state index in [4.69, 9.17) is 5.26 Å². The van der Waals surface area contributed by atoms with Crippen molar-refractivity contribution in [1.82, 2.24) is 9.88 Å². The van der Waals surface area contributed by atoms with Gasteiger partial charge >= 0.3 is 0 Å². The molecule has 1 heterocycles. The van der Waals surface area contributed by atoms with Crippen LogP contribution in [0.5, 0.6) is 0 Å². The highest BCUT2D eigenvalue weighted by atomic mass is 19.1. The van der Waals surface area contributed by atoms with Gasteiger partial charge in [-0.1, -0.05) is 6.07 Å². The van der Waals surface area contributed by atoms with E-state index in [2.05, 4.69) is 5.32 Å². The van der Waals surface area contributed by atoms with Crippen LogP contribution in [0, 0.1) is 17.1 Å². The van der Waals surface area contributed by atoms with Crippen molar-refractivity contribution in [3.05, 3.63) is 59.2 Å². The van der Waals surface area contributed by atoms with E-state index in [9.17, 15) is 4.39 Å². The van der Waals surface area contributed by atoms with Crippen LogP contribution in [0.3, 0.4) is 0 Å². The molecule has 4 heteroatoms. The van der Waals surface area contributed by atoms with Crippen LogP contribution in [0.2, 0.25) is 0 Å². The second kappa shape index (κ2) is 5.48. The summed E-state index contributed by atoms with van der Waals surface area (Å²) < 4.78 is 15.6. The van der Waals surface area contributed by atoms with E-state index in [1.54, 1.807) is 12.1 Å². The molecular weight excluding hydrogens is 229 g/mol. The summed E-state index contributed by atoms with van der Waals surface area (Å²) in [6.45, 7) is 1.27. The van der Waals surface area contributed by atoms with Crippen molar-refractivity contribution in [2.45, 2.75) is 13.1 Å². The number of nitriles is 1. The Hall–Kier alpha value is -2.12. The molecule has 92 valence electrons. The minimum Gasteiger partial charge on any atom is -0.349 e. The maximum atomic E-state index is 13.7. The molecule has 0 aliphatic rings. The molecule has 0 aliphatic carbocycles. The molecule has 2 rings (SSSR count). The van der Waals surface area contributed by atoms with Gasteiger partial charge in [0.15, 0.2) is 0 Å². The lowest BCUT2D eigenvalue weighted by molar-refractivity contribution is 0.599. The molecule has 3 nitrogen and oxygen atoms in total. The maximum absolute atomic E-state index is 13.7. The summed E-state index contributed by atoms with van der Waals surface area (Å²) in [5.41, 5.74) is 2.09. The van der Waals surface area contributed by atoms with E-state index in [0.717, 1.165) is 12.1 Å². The molecule has 0 saturated carbocycles. The first-order valence-electron chi connectivity index (χ1n) is 5.70. The van der Waals surface area contributed by atoms with Gasteiger partial charge in [-0.3, -0.25) is 0 Å². The zero-order valence-electron chi connectivity index (χ0n) is 10.2. The molecule has 18 heavy (non-hydrogen) atoms. The number of halogens is 1. The van der Waals surface area contributed by atoms with Gasteiger partial charge in [0.2, 0.25) is 0 Å². The van der Waals surface area contributed by atoms with Crippen molar-refractivity contribution in [2.24, 2.45) is 0 Å². The molecule has 0 radical (unpaired) electrons. The van der Waals surface area contributed by atoms with E-state index in [1.807, 2.05) is 36.1 Å². The number of aromatic nitrogens is 1. The second-order valence-corrected chi connectivity index (χ2v) is 4.14. The van der Waals surface area contributed by atoms with Crippen LogP contribution in [-0.2, 0) is 13.1 Å². The Bertz CT molecular complexity index is 581.